The molecule has 0 radical (unpaired) electrons. The number of hydrogen-bond donors (Lipinski definition) is 1. The van der Waals surface area contributed by atoms with E-state index in [1.165, 1.54) is 19.4 Å². The highest BCUT2D eigenvalue weighted by Gasteiger charge is 2.32. The minimum Gasteiger partial charge on any atom is -0.314 e. The van der Waals surface area contributed by atoms with Crippen LogP contribution in [0, 0.1) is 5.92 Å². The molecule has 20 heavy (non-hydrogen) atoms. The van der Waals surface area contributed by atoms with E-state index in [1.54, 1.807) is 10.4 Å². The van der Waals surface area contributed by atoms with Crippen molar-refractivity contribution in [2.24, 2.45) is 5.92 Å². The first-order valence-electron chi connectivity index (χ1n) is 8.20. The summed E-state index contributed by atoms with van der Waals surface area (Å²) >= 11 is 1.93. The van der Waals surface area contributed by atoms with Crippen LogP contribution in [0.1, 0.15) is 51.0 Å². The van der Waals surface area contributed by atoms with Gasteiger partial charge in [-0.3, -0.25) is 4.90 Å². The van der Waals surface area contributed by atoms with Crippen molar-refractivity contribution >= 4 is 11.3 Å². The summed E-state index contributed by atoms with van der Waals surface area (Å²) in [6.45, 7) is 12.9. The number of likely N-dealkylation sites (tertiary alicyclic amines) is 1. The molecule has 3 heteroatoms. The molecule has 1 aliphatic rings. The molecule has 3 atom stereocenters. The van der Waals surface area contributed by atoms with Crippen LogP contribution in [0.15, 0.2) is 11.4 Å². The molecule has 1 aromatic heterocycles. The second kappa shape index (κ2) is 7.58. The van der Waals surface area contributed by atoms with E-state index < -0.39 is 0 Å². The lowest BCUT2D eigenvalue weighted by Crippen LogP contribution is -2.53. The summed E-state index contributed by atoms with van der Waals surface area (Å²) in [5, 5.41) is 5.98. The predicted molar refractivity (Wildman–Crippen MR) is 89.4 cm³/mol. The molecule has 0 amide bonds. The van der Waals surface area contributed by atoms with Crippen molar-refractivity contribution in [3.8, 4) is 0 Å². The molecule has 1 saturated heterocycles. The molecule has 0 aliphatic carbocycles. The highest BCUT2D eigenvalue weighted by atomic mass is 32.1. The van der Waals surface area contributed by atoms with Gasteiger partial charge in [0.15, 0.2) is 0 Å². The zero-order valence-electron chi connectivity index (χ0n) is 13.5. The Morgan fingerprint density at radius 2 is 2.15 bits per heavy atom. The van der Waals surface area contributed by atoms with E-state index in [0.717, 1.165) is 25.4 Å². The largest absolute Gasteiger partial charge is 0.314 e. The molecular formula is C17H30N2S. The van der Waals surface area contributed by atoms with E-state index in [4.69, 9.17) is 0 Å². The van der Waals surface area contributed by atoms with Crippen LogP contribution in [0.4, 0.5) is 0 Å². The summed E-state index contributed by atoms with van der Waals surface area (Å²) in [5.74, 6) is 0.736. The number of hydrogen-bond acceptors (Lipinski definition) is 3. The SMILES string of the molecule is CCCNC1CCN(Cc2sccc2CC)C(C)C1C. The van der Waals surface area contributed by atoms with Gasteiger partial charge in [0.1, 0.15) is 0 Å². The summed E-state index contributed by atoms with van der Waals surface area (Å²) in [6, 6.07) is 3.67. The summed E-state index contributed by atoms with van der Waals surface area (Å²) in [6.07, 6.45) is 3.69. The Morgan fingerprint density at radius 1 is 1.35 bits per heavy atom. The zero-order valence-corrected chi connectivity index (χ0v) is 14.3. The van der Waals surface area contributed by atoms with Crippen molar-refractivity contribution in [3.63, 3.8) is 0 Å². The fraction of sp³-hybridized carbons (Fsp3) is 0.765. The third kappa shape index (κ3) is 3.63. The standard InChI is InChI=1S/C17H30N2S/c1-5-9-18-16-7-10-19(14(4)13(16)3)12-17-15(6-2)8-11-20-17/h8,11,13-14,16,18H,5-7,9-10,12H2,1-4H3. The Bertz CT molecular complexity index is 401. The van der Waals surface area contributed by atoms with Crippen LogP contribution >= 0.6 is 11.3 Å². The fourth-order valence-corrected chi connectivity index (χ4v) is 4.29. The molecule has 0 spiro atoms. The van der Waals surface area contributed by atoms with Gasteiger partial charge in [0.05, 0.1) is 0 Å². The number of piperidine rings is 1. The van der Waals surface area contributed by atoms with E-state index >= 15 is 0 Å². The van der Waals surface area contributed by atoms with Crippen molar-refractivity contribution in [1.82, 2.24) is 10.2 Å². The van der Waals surface area contributed by atoms with Crippen LogP contribution in [-0.4, -0.2) is 30.1 Å². The highest BCUT2D eigenvalue weighted by molar-refractivity contribution is 7.10. The lowest BCUT2D eigenvalue weighted by Gasteiger charge is -2.43. The van der Waals surface area contributed by atoms with Crippen molar-refractivity contribution in [2.45, 2.75) is 65.6 Å². The molecule has 2 heterocycles. The Morgan fingerprint density at radius 3 is 2.85 bits per heavy atom. The van der Waals surface area contributed by atoms with Gasteiger partial charge in [-0.15, -0.1) is 11.3 Å². The molecule has 0 aromatic carbocycles. The van der Waals surface area contributed by atoms with Crippen LogP contribution in [0.2, 0.25) is 0 Å². The van der Waals surface area contributed by atoms with Gasteiger partial charge >= 0.3 is 0 Å². The first kappa shape index (κ1) is 16.0. The summed E-state index contributed by atoms with van der Waals surface area (Å²) in [5.41, 5.74) is 1.54. The molecule has 2 rings (SSSR count). The van der Waals surface area contributed by atoms with Crippen LogP contribution in [0.25, 0.3) is 0 Å². The van der Waals surface area contributed by atoms with Gasteiger partial charge in [-0.05, 0) is 55.7 Å². The molecule has 0 saturated carbocycles. The van der Waals surface area contributed by atoms with Gasteiger partial charge in [-0.2, -0.15) is 0 Å². The second-order valence-electron chi connectivity index (χ2n) is 6.14. The summed E-state index contributed by atoms with van der Waals surface area (Å²) in [4.78, 5) is 4.26. The zero-order chi connectivity index (χ0) is 14.5. The number of rotatable bonds is 6. The van der Waals surface area contributed by atoms with Gasteiger partial charge in [-0.1, -0.05) is 20.8 Å². The number of aryl methyl sites for hydroxylation is 1. The third-order valence-corrected chi connectivity index (χ3v) is 5.87. The molecule has 1 fully saturated rings. The maximum absolute atomic E-state index is 3.73. The number of nitrogens with one attached hydrogen (secondary N) is 1. The van der Waals surface area contributed by atoms with E-state index in [1.807, 2.05) is 11.3 Å². The van der Waals surface area contributed by atoms with Gasteiger partial charge in [0.25, 0.3) is 0 Å². The average molecular weight is 295 g/mol. The average Bonchev–Trinajstić information content (AvgIpc) is 2.90. The minimum absolute atomic E-state index is 0.671. The molecule has 3 unspecified atom stereocenters. The Labute approximate surface area is 128 Å². The Hall–Kier alpha value is -0.380. The lowest BCUT2D eigenvalue weighted by molar-refractivity contribution is 0.0792. The van der Waals surface area contributed by atoms with E-state index in [9.17, 15) is 0 Å². The maximum Gasteiger partial charge on any atom is 0.0333 e. The lowest BCUT2D eigenvalue weighted by atomic mass is 9.87. The van der Waals surface area contributed by atoms with Crippen LogP contribution < -0.4 is 5.32 Å². The first-order valence-corrected chi connectivity index (χ1v) is 9.08. The molecule has 1 aliphatic heterocycles. The maximum atomic E-state index is 3.73. The normalized spacial score (nSPS) is 27.9. The highest BCUT2D eigenvalue weighted by Crippen LogP contribution is 2.28. The quantitative estimate of drug-likeness (QED) is 0.856. The van der Waals surface area contributed by atoms with Crippen molar-refractivity contribution in [1.29, 1.82) is 0 Å². The van der Waals surface area contributed by atoms with Crippen molar-refractivity contribution < 1.29 is 0 Å². The Balaban J connectivity index is 1.95. The van der Waals surface area contributed by atoms with Gasteiger partial charge in [-0.25, -0.2) is 0 Å². The molecule has 0 bridgehead atoms. The van der Waals surface area contributed by atoms with E-state index in [0.29, 0.717) is 12.1 Å². The summed E-state index contributed by atoms with van der Waals surface area (Å²) < 4.78 is 0. The molecule has 1 N–H and O–H groups in total. The van der Waals surface area contributed by atoms with Crippen LogP contribution in [0.3, 0.4) is 0 Å². The predicted octanol–water partition coefficient (Wildman–Crippen LogP) is 3.91. The van der Waals surface area contributed by atoms with Gasteiger partial charge < -0.3 is 5.32 Å². The van der Waals surface area contributed by atoms with Gasteiger partial charge in [0.2, 0.25) is 0 Å². The van der Waals surface area contributed by atoms with E-state index in [-0.39, 0.29) is 0 Å². The molecule has 114 valence electrons. The van der Waals surface area contributed by atoms with Gasteiger partial charge in [0, 0.05) is 30.1 Å². The second-order valence-corrected chi connectivity index (χ2v) is 7.14. The van der Waals surface area contributed by atoms with Crippen molar-refractivity contribution in [2.75, 3.05) is 13.1 Å². The van der Waals surface area contributed by atoms with Crippen LogP contribution in [0.5, 0.6) is 0 Å². The molecular weight excluding hydrogens is 264 g/mol. The molecule has 2 nitrogen and oxygen atoms in total. The number of nitrogens with zero attached hydrogens (tertiary/aromatic N) is 1. The fourth-order valence-electron chi connectivity index (χ4n) is 3.29. The van der Waals surface area contributed by atoms with Crippen molar-refractivity contribution in [3.05, 3.63) is 21.9 Å². The van der Waals surface area contributed by atoms with Crippen LogP contribution in [-0.2, 0) is 13.0 Å². The monoisotopic (exact) mass is 294 g/mol. The number of thiophene rings is 1. The first-order chi connectivity index (χ1) is 9.67. The minimum atomic E-state index is 0.671. The third-order valence-electron chi connectivity index (χ3n) is 4.92. The summed E-state index contributed by atoms with van der Waals surface area (Å²) in [7, 11) is 0. The topological polar surface area (TPSA) is 15.3 Å². The smallest absolute Gasteiger partial charge is 0.0333 e. The Kier molecular flexibility index (Phi) is 6.06. The molecule has 1 aromatic rings. The van der Waals surface area contributed by atoms with E-state index in [2.05, 4.69) is 49.4 Å².